The minimum Gasteiger partial charge on any atom is -0.294 e. The number of rotatable bonds is 4. The van der Waals surface area contributed by atoms with Crippen molar-refractivity contribution in [2.75, 3.05) is 0 Å². The molecule has 0 atom stereocenters. The second kappa shape index (κ2) is 6.15. The van der Waals surface area contributed by atoms with Crippen molar-refractivity contribution in [3.05, 3.63) is 73.2 Å². The maximum absolute atomic E-state index is 12.1. The van der Waals surface area contributed by atoms with Crippen LogP contribution in [0.1, 0.15) is 15.9 Å². The largest absolute Gasteiger partial charge is 0.294 e. The van der Waals surface area contributed by atoms with E-state index >= 15 is 0 Å². The van der Waals surface area contributed by atoms with Gasteiger partial charge in [-0.1, -0.05) is 23.7 Å². The van der Waals surface area contributed by atoms with Crippen LogP contribution in [0.5, 0.6) is 0 Å². The molecule has 0 spiro atoms. The Bertz CT molecular complexity index is 671. The first-order valence-corrected chi connectivity index (χ1v) is 6.86. The van der Waals surface area contributed by atoms with Crippen molar-refractivity contribution < 1.29 is 9.72 Å². The second-order valence-electron chi connectivity index (χ2n) is 4.15. The number of hydrogen-bond donors (Lipinski definition) is 0. The van der Waals surface area contributed by atoms with Crippen LogP contribution in [0, 0.1) is 10.1 Å². The summed E-state index contributed by atoms with van der Waals surface area (Å²) in [7, 11) is 0. The molecule has 0 N–H and O–H groups in total. The topological polar surface area (TPSA) is 60.2 Å². The molecule has 2 aromatic carbocycles. The first kappa shape index (κ1) is 14.7. The smallest absolute Gasteiger partial charge is 0.269 e. The van der Waals surface area contributed by atoms with Crippen molar-refractivity contribution in [3.63, 3.8) is 0 Å². The lowest BCUT2D eigenvalue weighted by Crippen LogP contribution is -2.03. The number of carbonyl (C=O) groups excluding carboxylic acids is 1. The molecule has 0 unspecified atom stereocenters. The first-order chi connectivity index (χ1) is 9.47. The molecule has 0 aliphatic carbocycles. The summed E-state index contributed by atoms with van der Waals surface area (Å²) in [6.07, 6.45) is 0.187. The summed E-state index contributed by atoms with van der Waals surface area (Å²) in [6, 6.07) is 10.9. The fraction of sp³-hybridized carbons (Fsp3) is 0.0714. The Morgan fingerprint density at radius 3 is 2.40 bits per heavy atom. The van der Waals surface area contributed by atoms with Gasteiger partial charge in [0.15, 0.2) is 5.78 Å². The monoisotopic (exact) mass is 353 g/mol. The Morgan fingerprint density at radius 1 is 1.20 bits per heavy atom. The maximum Gasteiger partial charge on any atom is 0.269 e. The predicted octanol–water partition coefficient (Wildman–Crippen LogP) is 4.44. The minimum atomic E-state index is -0.470. The van der Waals surface area contributed by atoms with Crippen molar-refractivity contribution in [2.45, 2.75) is 6.42 Å². The SMILES string of the molecule is O=C(Cc1ccc([N+](=O)[O-])cc1)c1ccc(Cl)c(Br)c1. The fourth-order valence-electron chi connectivity index (χ4n) is 1.69. The molecule has 0 bridgehead atoms. The van der Waals surface area contributed by atoms with Gasteiger partial charge in [0.1, 0.15) is 0 Å². The van der Waals surface area contributed by atoms with Crippen molar-refractivity contribution in [3.8, 4) is 0 Å². The number of nitrogens with zero attached hydrogens (tertiary/aromatic N) is 1. The van der Waals surface area contributed by atoms with E-state index in [1.807, 2.05) is 0 Å². The number of Topliss-reactive ketones (excluding diaryl/α,β-unsaturated/α-hetero) is 1. The molecule has 0 fully saturated rings. The standard InChI is InChI=1S/C14H9BrClNO3/c15-12-8-10(3-6-13(12)16)14(18)7-9-1-4-11(5-2-9)17(19)20/h1-6,8H,7H2. The van der Waals surface area contributed by atoms with Gasteiger partial charge in [0.2, 0.25) is 0 Å². The Balaban J connectivity index is 2.14. The highest BCUT2D eigenvalue weighted by Gasteiger charge is 2.10. The van der Waals surface area contributed by atoms with Crippen molar-refractivity contribution in [1.82, 2.24) is 0 Å². The molecule has 0 saturated carbocycles. The number of non-ortho nitro benzene ring substituents is 1. The number of benzene rings is 2. The summed E-state index contributed by atoms with van der Waals surface area (Å²) in [5.74, 6) is -0.0729. The van der Waals surface area contributed by atoms with Gasteiger partial charge in [-0.3, -0.25) is 14.9 Å². The van der Waals surface area contributed by atoms with E-state index < -0.39 is 4.92 Å². The lowest BCUT2D eigenvalue weighted by atomic mass is 10.0. The highest BCUT2D eigenvalue weighted by atomic mass is 79.9. The molecule has 0 aromatic heterocycles. The van der Waals surface area contributed by atoms with Gasteiger partial charge in [0, 0.05) is 28.6 Å². The fourth-order valence-corrected chi connectivity index (χ4v) is 2.19. The van der Waals surface area contributed by atoms with E-state index in [0.29, 0.717) is 15.1 Å². The van der Waals surface area contributed by atoms with Crippen LogP contribution in [0.25, 0.3) is 0 Å². The third-order valence-corrected chi connectivity index (χ3v) is 3.97. The molecule has 0 aliphatic heterocycles. The number of carbonyl (C=O) groups is 1. The molecule has 6 heteroatoms. The van der Waals surface area contributed by atoms with Gasteiger partial charge in [-0.05, 0) is 39.7 Å². The number of hydrogen-bond acceptors (Lipinski definition) is 3. The molecule has 0 aliphatic rings. The van der Waals surface area contributed by atoms with Gasteiger partial charge in [-0.25, -0.2) is 0 Å². The van der Waals surface area contributed by atoms with E-state index in [0.717, 1.165) is 5.56 Å². The van der Waals surface area contributed by atoms with Crippen LogP contribution in [0.4, 0.5) is 5.69 Å². The molecule has 0 amide bonds. The van der Waals surface area contributed by atoms with Crippen LogP contribution >= 0.6 is 27.5 Å². The number of nitro benzene ring substituents is 1. The van der Waals surface area contributed by atoms with Crippen LogP contribution < -0.4 is 0 Å². The Hall–Kier alpha value is -1.72. The summed E-state index contributed by atoms with van der Waals surface area (Å²) in [4.78, 5) is 22.2. The van der Waals surface area contributed by atoms with Gasteiger partial charge in [-0.2, -0.15) is 0 Å². The summed E-state index contributed by atoms with van der Waals surface area (Å²) in [5.41, 5.74) is 1.28. The third kappa shape index (κ3) is 3.43. The lowest BCUT2D eigenvalue weighted by Gasteiger charge is -2.03. The third-order valence-electron chi connectivity index (χ3n) is 2.75. The second-order valence-corrected chi connectivity index (χ2v) is 5.41. The van der Waals surface area contributed by atoms with Crippen molar-refractivity contribution >= 4 is 39.0 Å². The molecule has 4 nitrogen and oxygen atoms in total. The average Bonchev–Trinajstić information content (AvgIpc) is 2.42. The zero-order chi connectivity index (χ0) is 14.7. The van der Waals surface area contributed by atoms with E-state index in [1.54, 1.807) is 30.3 Å². The Morgan fingerprint density at radius 2 is 1.85 bits per heavy atom. The Labute approximate surface area is 128 Å². The van der Waals surface area contributed by atoms with Crippen LogP contribution in [0.15, 0.2) is 46.9 Å². The number of halogens is 2. The van der Waals surface area contributed by atoms with Crippen molar-refractivity contribution in [1.29, 1.82) is 0 Å². The van der Waals surface area contributed by atoms with Crippen LogP contribution in [-0.4, -0.2) is 10.7 Å². The molecular weight excluding hydrogens is 346 g/mol. The predicted molar refractivity (Wildman–Crippen MR) is 80.3 cm³/mol. The lowest BCUT2D eigenvalue weighted by molar-refractivity contribution is -0.384. The summed E-state index contributed by atoms with van der Waals surface area (Å²) in [5, 5.41) is 11.1. The van der Waals surface area contributed by atoms with E-state index in [4.69, 9.17) is 11.6 Å². The van der Waals surface area contributed by atoms with Gasteiger partial charge in [-0.15, -0.1) is 0 Å². The molecule has 2 aromatic rings. The highest BCUT2D eigenvalue weighted by molar-refractivity contribution is 9.10. The Kier molecular flexibility index (Phi) is 4.52. The highest BCUT2D eigenvalue weighted by Crippen LogP contribution is 2.24. The zero-order valence-electron chi connectivity index (χ0n) is 10.2. The molecule has 20 heavy (non-hydrogen) atoms. The van der Waals surface area contributed by atoms with Crippen LogP contribution in [0.3, 0.4) is 0 Å². The van der Waals surface area contributed by atoms with E-state index in [-0.39, 0.29) is 17.9 Å². The average molecular weight is 355 g/mol. The molecule has 2 rings (SSSR count). The van der Waals surface area contributed by atoms with Gasteiger partial charge < -0.3 is 0 Å². The van der Waals surface area contributed by atoms with Crippen molar-refractivity contribution in [2.24, 2.45) is 0 Å². The van der Waals surface area contributed by atoms with E-state index in [9.17, 15) is 14.9 Å². The number of ketones is 1. The zero-order valence-corrected chi connectivity index (χ0v) is 12.5. The quantitative estimate of drug-likeness (QED) is 0.463. The molecule has 0 saturated heterocycles. The van der Waals surface area contributed by atoms with Gasteiger partial charge in [0.05, 0.1) is 9.95 Å². The summed E-state index contributed by atoms with van der Waals surface area (Å²) < 4.78 is 0.661. The first-order valence-electron chi connectivity index (χ1n) is 5.69. The molecular formula is C14H9BrClNO3. The summed E-state index contributed by atoms with van der Waals surface area (Å²) >= 11 is 9.14. The minimum absolute atomic E-state index is 0.00966. The van der Waals surface area contributed by atoms with E-state index in [1.165, 1.54) is 12.1 Å². The normalized spacial score (nSPS) is 10.3. The molecule has 102 valence electrons. The van der Waals surface area contributed by atoms with Crippen LogP contribution in [0.2, 0.25) is 5.02 Å². The molecule has 0 heterocycles. The maximum atomic E-state index is 12.1. The molecule has 0 radical (unpaired) electrons. The van der Waals surface area contributed by atoms with E-state index in [2.05, 4.69) is 15.9 Å². The van der Waals surface area contributed by atoms with Gasteiger partial charge >= 0.3 is 0 Å². The van der Waals surface area contributed by atoms with Crippen LogP contribution in [-0.2, 0) is 6.42 Å². The summed E-state index contributed by atoms with van der Waals surface area (Å²) in [6.45, 7) is 0. The number of nitro groups is 1. The van der Waals surface area contributed by atoms with Gasteiger partial charge in [0.25, 0.3) is 5.69 Å².